The molecule has 2 amide bonds. The van der Waals surface area contributed by atoms with E-state index in [1.165, 1.54) is 29.2 Å². The summed E-state index contributed by atoms with van der Waals surface area (Å²) in [5.41, 5.74) is 1.08. The number of nitrogens with one attached hydrogen (secondary N) is 1. The quantitative estimate of drug-likeness (QED) is 0.281. The van der Waals surface area contributed by atoms with Crippen LogP contribution in [0.25, 0.3) is 0 Å². The Kier molecular flexibility index (Phi) is 10.9. The standard InChI is InChI=1S/C31H34Cl2FN3O4S/c1-42(40,41)37(28-15-9-8-14-27(28)34)21-30(38)36(20-23-16-17-24(32)19-26(23)33)29(18-22-10-4-2-5-11-22)31(39)35-25-12-6-3-7-13-25/h2,4-5,8-11,14-17,19,25,29H,3,6-7,12-13,18,20-21H2,1H3,(H,35,39)/t29-/m1/s1. The van der Waals surface area contributed by atoms with E-state index in [0.29, 0.717) is 15.6 Å². The van der Waals surface area contributed by atoms with Crippen molar-refractivity contribution in [3.63, 3.8) is 0 Å². The molecule has 1 saturated carbocycles. The van der Waals surface area contributed by atoms with Crippen LogP contribution in [0.3, 0.4) is 0 Å². The largest absolute Gasteiger partial charge is 0.352 e. The Balaban J connectivity index is 1.75. The summed E-state index contributed by atoms with van der Waals surface area (Å²) in [4.78, 5) is 29.4. The zero-order valence-corrected chi connectivity index (χ0v) is 25.6. The first-order valence-corrected chi connectivity index (χ1v) is 16.4. The van der Waals surface area contributed by atoms with E-state index in [4.69, 9.17) is 23.2 Å². The molecule has 0 aliphatic heterocycles. The van der Waals surface area contributed by atoms with Gasteiger partial charge in [0.25, 0.3) is 0 Å². The summed E-state index contributed by atoms with van der Waals surface area (Å²) in [6.45, 7) is -0.813. The van der Waals surface area contributed by atoms with Crippen LogP contribution in [0.4, 0.5) is 10.1 Å². The Hall–Kier alpha value is -3.14. The van der Waals surface area contributed by atoms with E-state index in [9.17, 15) is 22.4 Å². The first-order valence-electron chi connectivity index (χ1n) is 13.8. The molecule has 11 heteroatoms. The van der Waals surface area contributed by atoms with Gasteiger partial charge in [-0.1, -0.05) is 91.0 Å². The normalized spacial score (nSPS) is 14.7. The van der Waals surface area contributed by atoms with Gasteiger partial charge in [0.1, 0.15) is 18.4 Å². The maximum atomic E-state index is 14.8. The van der Waals surface area contributed by atoms with Crippen LogP contribution in [-0.2, 0) is 32.6 Å². The molecule has 0 unspecified atom stereocenters. The third kappa shape index (κ3) is 8.46. The van der Waals surface area contributed by atoms with Crippen molar-refractivity contribution in [2.24, 2.45) is 0 Å². The minimum absolute atomic E-state index is 0.0217. The van der Waals surface area contributed by atoms with E-state index in [1.54, 1.807) is 12.1 Å². The summed E-state index contributed by atoms with van der Waals surface area (Å²) in [6.07, 6.45) is 5.88. The third-order valence-corrected chi connectivity index (χ3v) is 9.09. The van der Waals surface area contributed by atoms with Crippen LogP contribution in [-0.4, -0.2) is 50.0 Å². The lowest BCUT2D eigenvalue weighted by molar-refractivity contribution is -0.140. The molecule has 0 heterocycles. The van der Waals surface area contributed by atoms with Crippen LogP contribution < -0.4 is 9.62 Å². The molecule has 1 atom stereocenters. The molecule has 3 aromatic carbocycles. The molecular formula is C31H34Cl2FN3O4S. The van der Waals surface area contributed by atoms with Crippen molar-refractivity contribution in [2.45, 2.75) is 57.2 Å². The van der Waals surface area contributed by atoms with Crippen molar-refractivity contribution in [3.8, 4) is 0 Å². The summed E-state index contributed by atoms with van der Waals surface area (Å²) < 4.78 is 41.1. The number of sulfonamides is 1. The molecule has 0 radical (unpaired) electrons. The first-order chi connectivity index (χ1) is 20.0. The number of nitrogens with zero attached hydrogens (tertiary/aromatic N) is 2. The van der Waals surface area contributed by atoms with Gasteiger partial charge in [0.15, 0.2) is 0 Å². The van der Waals surface area contributed by atoms with Gasteiger partial charge < -0.3 is 10.2 Å². The van der Waals surface area contributed by atoms with Gasteiger partial charge in [-0.3, -0.25) is 13.9 Å². The Morgan fingerprint density at radius 2 is 1.64 bits per heavy atom. The Labute approximate surface area is 256 Å². The molecule has 0 aromatic heterocycles. The molecule has 7 nitrogen and oxygen atoms in total. The van der Waals surface area contributed by atoms with Crippen molar-refractivity contribution in [2.75, 3.05) is 17.1 Å². The van der Waals surface area contributed by atoms with Gasteiger partial charge in [-0.05, 0) is 48.2 Å². The highest BCUT2D eigenvalue weighted by Crippen LogP contribution is 2.26. The topological polar surface area (TPSA) is 86.8 Å². The smallest absolute Gasteiger partial charge is 0.244 e. The van der Waals surface area contributed by atoms with Gasteiger partial charge in [0.2, 0.25) is 21.8 Å². The predicted octanol–water partition coefficient (Wildman–Crippen LogP) is 5.99. The Morgan fingerprint density at radius 3 is 2.29 bits per heavy atom. The fourth-order valence-electron chi connectivity index (χ4n) is 5.18. The maximum absolute atomic E-state index is 14.8. The molecule has 0 spiro atoms. The average molecular weight is 635 g/mol. The summed E-state index contributed by atoms with van der Waals surface area (Å²) in [7, 11) is -4.08. The number of carbonyl (C=O) groups is 2. The first kappa shape index (κ1) is 31.8. The molecule has 1 aliphatic rings. The number of hydrogen-bond acceptors (Lipinski definition) is 4. The van der Waals surface area contributed by atoms with Crippen LogP contribution >= 0.6 is 23.2 Å². The van der Waals surface area contributed by atoms with Crippen molar-refractivity contribution in [3.05, 3.63) is 99.8 Å². The summed E-state index contributed by atoms with van der Waals surface area (Å²) >= 11 is 12.6. The highest BCUT2D eigenvalue weighted by Gasteiger charge is 2.34. The van der Waals surface area contributed by atoms with E-state index in [-0.39, 0.29) is 30.6 Å². The second kappa shape index (κ2) is 14.4. The summed E-state index contributed by atoms with van der Waals surface area (Å²) in [5, 5.41) is 3.82. The second-order valence-electron chi connectivity index (χ2n) is 10.5. The average Bonchev–Trinajstić information content (AvgIpc) is 2.95. The zero-order valence-electron chi connectivity index (χ0n) is 23.3. The van der Waals surface area contributed by atoms with Crippen LogP contribution in [0.5, 0.6) is 0 Å². The van der Waals surface area contributed by atoms with Gasteiger partial charge in [-0.2, -0.15) is 0 Å². The molecule has 4 rings (SSSR count). The summed E-state index contributed by atoms with van der Waals surface area (Å²) in [6, 6.07) is 18.4. The number of halogens is 3. The molecule has 3 aromatic rings. The van der Waals surface area contributed by atoms with Crippen molar-refractivity contribution in [1.29, 1.82) is 0 Å². The Morgan fingerprint density at radius 1 is 0.976 bits per heavy atom. The highest BCUT2D eigenvalue weighted by atomic mass is 35.5. The fraction of sp³-hybridized carbons (Fsp3) is 0.355. The molecule has 0 saturated heterocycles. The molecule has 42 heavy (non-hydrogen) atoms. The second-order valence-corrected chi connectivity index (χ2v) is 13.3. The minimum Gasteiger partial charge on any atom is -0.352 e. The lowest BCUT2D eigenvalue weighted by atomic mass is 9.94. The highest BCUT2D eigenvalue weighted by molar-refractivity contribution is 7.92. The van der Waals surface area contributed by atoms with Crippen LogP contribution in [0.1, 0.15) is 43.2 Å². The number of rotatable bonds is 11. The fourth-order valence-corrected chi connectivity index (χ4v) is 6.50. The lowest BCUT2D eigenvalue weighted by Crippen LogP contribution is -2.55. The number of benzene rings is 3. The van der Waals surface area contributed by atoms with E-state index < -0.39 is 34.3 Å². The van der Waals surface area contributed by atoms with Gasteiger partial charge >= 0.3 is 0 Å². The molecule has 0 bridgehead atoms. The van der Waals surface area contributed by atoms with Gasteiger partial charge in [0, 0.05) is 29.1 Å². The van der Waals surface area contributed by atoms with Crippen molar-refractivity contribution in [1.82, 2.24) is 10.2 Å². The van der Waals surface area contributed by atoms with E-state index in [2.05, 4.69) is 5.32 Å². The monoisotopic (exact) mass is 633 g/mol. The van der Waals surface area contributed by atoms with E-state index in [1.807, 2.05) is 30.3 Å². The molecule has 1 aliphatic carbocycles. The SMILES string of the molecule is CS(=O)(=O)N(CC(=O)N(Cc1ccc(Cl)cc1Cl)[C@H](Cc1ccccc1)C(=O)NC1CCCCC1)c1ccccc1F. The van der Waals surface area contributed by atoms with Crippen LogP contribution in [0, 0.1) is 5.82 Å². The number of para-hydroxylation sites is 1. The molecule has 1 N–H and O–H groups in total. The molecule has 224 valence electrons. The van der Waals surface area contributed by atoms with Crippen molar-refractivity contribution >= 4 is 50.7 Å². The van der Waals surface area contributed by atoms with Gasteiger partial charge in [0.05, 0.1) is 11.9 Å². The van der Waals surface area contributed by atoms with Crippen LogP contribution in [0.2, 0.25) is 10.0 Å². The summed E-state index contributed by atoms with van der Waals surface area (Å²) in [5.74, 6) is -1.82. The Bertz CT molecular complexity index is 1500. The van der Waals surface area contributed by atoms with Gasteiger partial charge in [-0.25, -0.2) is 12.8 Å². The zero-order chi connectivity index (χ0) is 30.3. The van der Waals surface area contributed by atoms with E-state index >= 15 is 0 Å². The third-order valence-electron chi connectivity index (χ3n) is 7.38. The lowest BCUT2D eigenvalue weighted by Gasteiger charge is -2.35. The number of hydrogen-bond donors (Lipinski definition) is 1. The number of amides is 2. The van der Waals surface area contributed by atoms with Crippen molar-refractivity contribution < 1.29 is 22.4 Å². The number of anilines is 1. The van der Waals surface area contributed by atoms with E-state index in [0.717, 1.165) is 54.3 Å². The predicted molar refractivity (Wildman–Crippen MR) is 165 cm³/mol. The van der Waals surface area contributed by atoms with Gasteiger partial charge in [-0.15, -0.1) is 0 Å². The minimum atomic E-state index is -4.08. The maximum Gasteiger partial charge on any atom is 0.244 e. The molecular weight excluding hydrogens is 600 g/mol. The number of carbonyl (C=O) groups excluding carboxylic acids is 2. The van der Waals surface area contributed by atoms with Crippen LogP contribution in [0.15, 0.2) is 72.8 Å². The molecule has 1 fully saturated rings.